The van der Waals surface area contributed by atoms with Gasteiger partial charge in [-0.1, -0.05) is 53.7 Å². The van der Waals surface area contributed by atoms with Crippen molar-refractivity contribution < 1.29 is 51.5 Å². The number of rotatable bonds is 4. The predicted octanol–water partition coefficient (Wildman–Crippen LogP) is 8.79. The largest absolute Gasteiger partial charge is 0.534 e. The summed E-state index contributed by atoms with van der Waals surface area (Å²) in [6.45, 7) is 11.8. The van der Waals surface area contributed by atoms with E-state index in [1.165, 1.54) is 0 Å². The first kappa shape index (κ1) is 31.9. The molecular weight excluding hydrogens is 634 g/mol. The van der Waals surface area contributed by atoms with Crippen LogP contribution in [0.25, 0.3) is 43.1 Å². The third kappa shape index (κ3) is 5.35. The maximum absolute atomic E-state index is 13.2. The van der Waals surface area contributed by atoms with E-state index in [9.17, 15) is 43.2 Å². The van der Waals surface area contributed by atoms with Crippen LogP contribution in [0.4, 0.5) is 26.3 Å². The van der Waals surface area contributed by atoms with Crippen LogP contribution in [0, 0.1) is 0 Å². The molecule has 0 heterocycles. The minimum Gasteiger partial charge on any atom is -0.376 e. The van der Waals surface area contributed by atoms with Gasteiger partial charge in [-0.15, -0.1) is 0 Å². The second-order valence-electron chi connectivity index (χ2n) is 12.7. The molecule has 6 nitrogen and oxygen atoms in total. The van der Waals surface area contributed by atoms with E-state index in [1.807, 2.05) is 65.8 Å². The van der Waals surface area contributed by atoms with Crippen LogP contribution < -0.4 is 8.37 Å². The van der Waals surface area contributed by atoms with Gasteiger partial charge in [0.25, 0.3) is 0 Å². The lowest BCUT2D eigenvalue weighted by molar-refractivity contribution is -0.0504. The average Bonchev–Trinajstić information content (AvgIpc) is 2.83. The SMILES string of the molecule is CC(C)(C)c1cc2cc(C(C)(C)C)cc3c4cc(OS(=O)(=O)C(F)(F)F)cc5cc(OS(=O)(=O)C(F)(F)F)cc(c(c1)c23)c54. The van der Waals surface area contributed by atoms with Gasteiger partial charge in [0.1, 0.15) is 11.5 Å². The molecule has 0 atom stereocenters. The van der Waals surface area contributed by atoms with Crippen LogP contribution in [-0.2, 0) is 31.1 Å². The zero-order valence-electron chi connectivity index (χ0n) is 24.2. The molecule has 0 radical (unpaired) electrons. The number of halogens is 6. The quantitative estimate of drug-likeness (QED) is 0.0630. The molecule has 0 N–H and O–H groups in total. The third-order valence-electron chi connectivity index (χ3n) is 7.34. The van der Waals surface area contributed by atoms with Crippen molar-refractivity contribution in [2.24, 2.45) is 0 Å². The number of benzene rings is 5. The second kappa shape index (κ2) is 9.49. The molecule has 0 unspecified atom stereocenters. The molecule has 44 heavy (non-hydrogen) atoms. The van der Waals surface area contributed by atoms with E-state index in [2.05, 4.69) is 8.37 Å². The summed E-state index contributed by atoms with van der Waals surface area (Å²) < 4.78 is 136. The van der Waals surface area contributed by atoms with E-state index in [4.69, 9.17) is 0 Å². The molecule has 0 aliphatic carbocycles. The van der Waals surface area contributed by atoms with E-state index in [0.717, 1.165) is 35.4 Å². The lowest BCUT2D eigenvalue weighted by atomic mass is 9.79. The molecule has 5 aromatic carbocycles. The number of fused-ring (bicyclic) bond motifs is 2. The highest BCUT2D eigenvalue weighted by Crippen LogP contribution is 2.47. The molecule has 0 amide bonds. The van der Waals surface area contributed by atoms with E-state index in [1.54, 1.807) is 0 Å². The van der Waals surface area contributed by atoms with Gasteiger partial charge in [-0.25, -0.2) is 0 Å². The zero-order valence-corrected chi connectivity index (χ0v) is 25.8. The standard InChI is InChI=1S/C30H26F6O6S2/c1-27(2,3)17-7-15-8-18(28(4,5)6)12-22-24-14-20(42-44(39,40)30(34,35)36)10-16-9-19(41-43(37,38)29(31,32)33)13-23(26(16)24)21(11-17)25(15)22/h7-14H,1-6H3. The van der Waals surface area contributed by atoms with Crippen molar-refractivity contribution >= 4 is 63.3 Å². The lowest BCUT2D eigenvalue weighted by Crippen LogP contribution is -2.28. The monoisotopic (exact) mass is 660 g/mol. The highest BCUT2D eigenvalue weighted by Gasteiger charge is 2.49. The fourth-order valence-corrected chi connectivity index (χ4v) is 6.02. The summed E-state index contributed by atoms with van der Waals surface area (Å²) in [6, 6.07) is 11.5. The van der Waals surface area contributed by atoms with Gasteiger partial charge in [-0.3, -0.25) is 0 Å². The molecule has 0 fully saturated rings. The molecule has 5 aromatic rings. The van der Waals surface area contributed by atoms with Gasteiger partial charge in [0.05, 0.1) is 0 Å². The van der Waals surface area contributed by atoms with Crippen LogP contribution in [0.1, 0.15) is 52.7 Å². The molecule has 0 aromatic heterocycles. The Morgan fingerprint density at radius 3 is 1.07 bits per heavy atom. The molecule has 236 valence electrons. The highest BCUT2D eigenvalue weighted by molar-refractivity contribution is 7.88. The highest BCUT2D eigenvalue weighted by atomic mass is 32.2. The fraction of sp³-hybridized carbons (Fsp3) is 0.333. The average molecular weight is 661 g/mol. The van der Waals surface area contributed by atoms with Gasteiger partial charge in [0.15, 0.2) is 0 Å². The van der Waals surface area contributed by atoms with Crippen molar-refractivity contribution in [1.29, 1.82) is 0 Å². The van der Waals surface area contributed by atoms with Crippen molar-refractivity contribution in [2.75, 3.05) is 0 Å². The predicted molar refractivity (Wildman–Crippen MR) is 156 cm³/mol. The van der Waals surface area contributed by atoms with Gasteiger partial charge in [0.2, 0.25) is 0 Å². The van der Waals surface area contributed by atoms with Gasteiger partial charge in [-0.05, 0) is 101 Å². The summed E-state index contributed by atoms with van der Waals surface area (Å²) >= 11 is 0. The van der Waals surface area contributed by atoms with E-state index in [0.29, 0.717) is 26.9 Å². The van der Waals surface area contributed by atoms with E-state index >= 15 is 0 Å². The maximum Gasteiger partial charge on any atom is 0.534 e. The normalized spacial score (nSPS) is 14.3. The van der Waals surface area contributed by atoms with E-state index in [-0.39, 0.29) is 16.2 Å². The Morgan fingerprint density at radius 2 is 0.773 bits per heavy atom. The van der Waals surface area contributed by atoms with Crippen molar-refractivity contribution in [3.05, 3.63) is 59.7 Å². The Balaban J connectivity index is 2.01. The van der Waals surface area contributed by atoms with Gasteiger partial charge in [-0.2, -0.15) is 43.2 Å². The van der Waals surface area contributed by atoms with E-state index < -0.39 is 53.6 Å². The van der Waals surface area contributed by atoms with Gasteiger partial charge in [0, 0.05) is 0 Å². The molecule has 14 heteroatoms. The first-order valence-electron chi connectivity index (χ1n) is 13.1. The first-order chi connectivity index (χ1) is 19.8. The molecule has 5 rings (SSSR count). The summed E-state index contributed by atoms with van der Waals surface area (Å²) in [5.74, 6) is -1.56. The van der Waals surface area contributed by atoms with Gasteiger partial charge >= 0.3 is 31.3 Å². The Hall–Kier alpha value is -3.52. The zero-order chi connectivity index (χ0) is 33.0. The van der Waals surface area contributed by atoms with Crippen LogP contribution >= 0.6 is 0 Å². The molecule has 0 spiro atoms. The Bertz CT molecular complexity index is 2040. The third-order valence-corrected chi connectivity index (χ3v) is 9.29. The summed E-state index contributed by atoms with van der Waals surface area (Å²) in [4.78, 5) is 0. The molecular formula is C30H26F6O6S2. The first-order valence-corrected chi connectivity index (χ1v) is 15.9. The second-order valence-corrected chi connectivity index (χ2v) is 15.7. The Morgan fingerprint density at radius 1 is 0.477 bits per heavy atom. The lowest BCUT2D eigenvalue weighted by Gasteiger charge is -2.25. The summed E-state index contributed by atoms with van der Waals surface area (Å²) in [7, 11) is -12.3. The minimum atomic E-state index is -6.14. The topological polar surface area (TPSA) is 86.7 Å². The van der Waals surface area contributed by atoms with Crippen LogP contribution in [-0.4, -0.2) is 27.9 Å². The minimum absolute atomic E-state index is 0.110. The molecule has 0 saturated carbocycles. The number of hydrogen-bond donors (Lipinski definition) is 0. The maximum atomic E-state index is 13.2. The molecule has 0 saturated heterocycles. The van der Waals surface area contributed by atoms with Crippen LogP contribution in [0.15, 0.2) is 48.5 Å². The van der Waals surface area contributed by atoms with Crippen molar-refractivity contribution in [2.45, 2.75) is 63.4 Å². The smallest absolute Gasteiger partial charge is 0.376 e. The summed E-state index contributed by atoms with van der Waals surface area (Å²) in [5, 5.41) is 3.01. The van der Waals surface area contributed by atoms with Crippen LogP contribution in [0.2, 0.25) is 0 Å². The Kier molecular flexibility index (Phi) is 6.88. The van der Waals surface area contributed by atoms with Crippen molar-refractivity contribution in [3.8, 4) is 11.5 Å². The molecule has 0 bridgehead atoms. The van der Waals surface area contributed by atoms with Crippen LogP contribution in [0.5, 0.6) is 11.5 Å². The molecule has 0 aliphatic rings. The summed E-state index contributed by atoms with van der Waals surface area (Å²) in [5.41, 5.74) is -10.7. The van der Waals surface area contributed by atoms with Crippen molar-refractivity contribution in [1.82, 2.24) is 0 Å². The number of alkyl halides is 6. The number of hydrogen-bond acceptors (Lipinski definition) is 6. The van der Waals surface area contributed by atoms with Crippen LogP contribution in [0.3, 0.4) is 0 Å². The Labute approximate surface area is 249 Å². The summed E-state index contributed by atoms with van der Waals surface area (Å²) in [6.07, 6.45) is 0. The molecule has 0 aliphatic heterocycles. The fourth-order valence-electron chi connectivity index (χ4n) is 5.14. The van der Waals surface area contributed by atoms with Gasteiger partial charge < -0.3 is 8.37 Å². The van der Waals surface area contributed by atoms with Crippen molar-refractivity contribution in [3.63, 3.8) is 0 Å².